The number of benzene rings is 1. The van der Waals surface area contributed by atoms with E-state index >= 15 is 0 Å². The van der Waals surface area contributed by atoms with Crippen molar-refractivity contribution in [2.24, 2.45) is 18.4 Å². The Labute approximate surface area is 255 Å². The van der Waals surface area contributed by atoms with Crippen LogP contribution in [0.15, 0.2) is 58.7 Å². The van der Waals surface area contributed by atoms with E-state index < -0.39 is 0 Å². The van der Waals surface area contributed by atoms with Crippen molar-refractivity contribution in [2.45, 2.75) is 43.1 Å². The summed E-state index contributed by atoms with van der Waals surface area (Å²) >= 11 is 1.71. The number of aromatic nitrogens is 4. The molecule has 1 N–H and O–H groups in total. The van der Waals surface area contributed by atoms with Crippen molar-refractivity contribution in [2.75, 3.05) is 43.9 Å². The van der Waals surface area contributed by atoms with Crippen molar-refractivity contribution in [1.82, 2.24) is 24.4 Å². The number of aldehydes is 1. The van der Waals surface area contributed by atoms with Gasteiger partial charge in [-0.05, 0) is 81.6 Å². The number of ether oxygens (including phenoxy) is 1. The highest BCUT2D eigenvalue weighted by Crippen LogP contribution is 2.43. The van der Waals surface area contributed by atoms with Crippen LogP contribution in [0.25, 0.3) is 22.0 Å². The number of anilines is 1. The first-order chi connectivity index (χ1) is 20.9. The molecule has 43 heavy (non-hydrogen) atoms. The molecule has 1 atom stereocenters. The van der Waals surface area contributed by atoms with E-state index in [1.54, 1.807) is 35.8 Å². The number of thioether (sulfide) groups is 1. The highest BCUT2D eigenvalue weighted by atomic mass is 32.2. The Bertz CT molecular complexity index is 1700. The highest BCUT2D eigenvalue weighted by Gasteiger charge is 2.44. The topological polar surface area (TPSA) is 96.3 Å². The maximum atomic E-state index is 12.6. The van der Waals surface area contributed by atoms with Crippen molar-refractivity contribution in [3.05, 3.63) is 65.0 Å². The van der Waals surface area contributed by atoms with Gasteiger partial charge < -0.3 is 24.1 Å². The van der Waals surface area contributed by atoms with Gasteiger partial charge in [-0.2, -0.15) is 0 Å². The number of rotatable bonds is 9. The van der Waals surface area contributed by atoms with E-state index in [1.165, 1.54) is 24.2 Å². The summed E-state index contributed by atoms with van der Waals surface area (Å²) in [5.74, 6) is 2.31. The molecular formula is C33H38N6O3S. The van der Waals surface area contributed by atoms with Gasteiger partial charge >= 0.3 is 0 Å². The van der Waals surface area contributed by atoms with Gasteiger partial charge in [0.15, 0.2) is 6.29 Å². The number of aromatic amines is 1. The summed E-state index contributed by atoms with van der Waals surface area (Å²) in [6, 6.07) is 8.37. The first kappa shape index (κ1) is 28.2. The van der Waals surface area contributed by atoms with Crippen LogP contribution in [0.1, 0.15) is 42.5 Å². The van der Waals surface area contributed by atoms with E-state index in [4.69, 9.17) is 4.74 Å². The summed E-state index contributed by atoms with van der Waals surface area (Å²) in [4.78, 5) is 41.6. The van der Waals surface area contributed by atoms with Gasteiger partial charge in [0, 0.05) is 78.3 Å². The van der Waals surface area contributed by atoms with Crippen molar-refractivity contribution in [3.8, 4) is 16.9 Å². The number of pyridine rings is 1. The number of likely N-dealkylation sites (tertiary alicyclic amines) is 1. The second kappa shape index (κ2) is 11.5. The molecule has 1 spiro atoms. The van der Waals surface area contributed by atoms with Crippen LogP contribution in [0.2, 0.25) is 0 Å². The normalized spacial score (nSPS) is 23.7. The predicted octanol–water partition coefficient (Wildman–Crippen LogP) is 5.01. The number of hydrogen-bond acceptors (Lipinski definition) is 8. The fraction of sp³-hybridized carbons (Fsp3) is 0.455. The van der Waals surface area contributed by atoms with E-state index in [0.717, 1.165) is 80.1 Å². The number of aryl methyl sites for hydroxylation is 1. The summed E-state index contributed by atoms with van der Waals surface area (Å²) < 4.78 is 8.27. The van der Waals surface area contributed by atoms with Crippen molar-refractivity contribution >= 4 is 34.9 Å². The van der Waals surface area contributed by atoms with E-state index in [1.807, 2.05) is 18.5 Å². The standard InChI is InChI=1S/C33H38N6O3S/c1-37-18-28(26-5-9-34-30(26)31(37)41)27-15-25(43-2)3-4-29(27)42-24-13-22(14-24)6-10-38-11-7-33(20-38)8-12-39(21-33)32-35-16-23(19-40)17-36-32/h3-5,9,15-19,22,24,34H,6-8,10-14,20-21H2,1-2H3. The summed E-state index contributed by atoms with van der Waals surface area (Å²) in [6.07, 6.45) is 15.8. The third-order valence-electron chi connectivity index (χ3n) is 9.74. The molecule has 3 fully saturated rings. The smallest absolute Gasteiger partial charge is 0.274 e. The molecular weight excluding hydrogens is 560 g/mol. The van der Waals surface area contributed by atoms with Gasteiger partial charge in [0.1, 0.15) is 11.3 Å². The van der Waals surface area contributed by atoms with Crippen LogP contribution >= 0.6 is 11.8 Å². The van der Waals surface area contributed by atoms with E-state index in [-0.39, 0.29) is 11.7 Å². The van der Waals surface area contributed by atoms with Crippen molar-refractivity contribution in [3.63, 3.8) is 0 Å². The fourth-order valence-electron chi connectivity index (χ4n) is 7.20. The lowest BCUT2D eigenvalue weighted by atomic mass is 9.80. The van der Waals surface area contributed by atoms with Crippen molar-refractivity contribution in [1.29, 1.82) is 0 Å². The van der Waals surface area contributed by atoms with Crippen LogP contribution in [-0.4, -0.2) is 75.8 Å². The minimum absolute atomic E-state index is 0.0253. The molecule has 1 aliphatic carbocycles. The molecule has 10 heteroatoms. The largest absolute Gasteiger partial charge is 0.490 e. The van der Waals surface area contributed by atoms with Crippen LogP contribution in [-0.2, 0) is 7.05 Å². The molecule has 4 aromatic rings. The van der Waals surface area contributed by atoms with Gasteiger partial charge in [0.05, 0.1) is 11.7 Å². The average Bonchev–Trinajstić information content (AvgIpc) is 3.77. The zero-order valence-corrected chi connectivity index (χ0v) is 25.6. The van der Waals surface area contributed by atoms with Gasteiger partial charge in [0.25, 0.3) is 5.56 Å². The lowest BCUT2D eigenvalue weighted by molar-refractivity contribution is 0.0557. The Morgan fingerprint density at radius 2 is 1.93 bits per heavy atom. The van der Waals surface area contributed by atoms with Gasteiger partial charge in [-0.3, -0.25) is 9.59 Å². The van der Waals surface area contributed by atoms with E-state index in [9.17, 15) is 9.59 Å². The quantitative estimate of drug-likeness (QED) is 0.212. The highest BCUT2D eigenvalue weighted by molar-refractivity contribution is 7.98. The third kappa shape index (κ3) is 5.47. The van der Waals surface area contributed by atoms with E-state index in [0.29, 0.717) is 22.4 Å². The third-order valence-corrected chi connectivity index (χ3v) is 10.5. The summed E-state index contributed by atoms with van der Waals surface area (Å²) in [5, 5.41) is 0.926. The number of H-pyrrole nitrogens is 1. The second-order valence-corrected chi connectivity index (χ2v) is 13.5. The van der Waals surface area contributed by atoms with Gasteiger partial charge in [0.2, 0.25) is 5.95 Å². The Balaban J connectivity index is 0.943. The van der Waals surface area contributed by atoms with Crippen LogP contribution < -0.4 is 15.2 Å². The van der Waals surface area contributed by atoms with Crippen LogP contribution in [0, 0.1) is 11.3 Å². The summed E-state index contributed by atoms with van der Waals surface area (Å²) in [5.41, 5.74) is 3.49. The Morgan fingerprint density at radius 1 is 1.12 bits per heavy atom. The average molecular weight is 599 g/mol. The molecule has 0 radical (unpaired) electrons. The minimum Gasteiger partial charge on any atom is -0.490 e. The molecule has 7 rings (SSSR count). The number of hydrogen-bond donors (Lipinski definition) is 1. The number of carbonyl (C=O) groups is 1. The monoisotopic (exact) mass is 598 g/mol. The molecule has 9 nitrogen and oxygen atoms in total. The van der Waals surface area contributed by atoms with Crippen LogP contribution in [0.3, 0.4) is 0 Å². The molecule has 3 aromatic heterocycles. The zero-order valence-electron chi connectivity index (χ0n) is 24.8. The first-order valence-electron chi connectivity index (χ1n) is 15.2. The lowest BCUT2D eigenvalue weighted by Crippen LogP contribution is -2.37. The maximum absolute atomic E-state index is 12.6. The molecule has 2 saturated heterocycles. The second-order valence-electron chi connectivity index (χ2n) is 12.6. The van der Waals surface area contributed by atoms with Gasteiger partial charge in [-0.25, -0.2) is 9.97 Å². The predicted molar refractivity (Wildman–Crippen MR) is 170 cm³/mol. The fourth-order valence-corrected chi connectivity index (χ4v) is 7.64. The molecule has 2 aliphatic heterocycles. The zero-order chi connectivity index (χ0) is 29.6. The van der Waals surface area contributed by atoms with Crippen LogP contribution in [0.4, 0.5) is 5.95 Å². The van der Waals surface area contributed by atoms with Gasteiger partial charge in [-0.1, -0.05) is 0 Å². The molecule has 224 valence electrons. The summed E-state index contributed by atoms with van der Waals surface area (Å²) in [7, 11) is 1.80. The molecule has 0 amide bonds. The SMILES string of the molecule is CSc1ccc(OC2CC(CCN3CCC4(CCN(c5ncc(C=O)cn5)C4)C3)C2)c(-c2cn(C)c(=O)c3[nH]ccc23)c1. The lowest BCUT2D eigenvalue weighted by Gasteiger charge is -2.37. The molecule has 3 aliphatic rings. The minimum atomic E-state index is -0.0253. The molecule has 1 aromatic carbocycles. The molecule has 0 bridgehead atoms. The molecule has 5 heterocycles. The van der Waals surface area contributed by atoms with Gasteiger partial charge in [-0.15, -0.1) is 11.8 Å². The Morgan fingerprint density at radius 3 is 2.72 bits per heavy atom. The van der Waals surface area contributed by atoms with E-state index in [2.05, 4.69) is 49.2 Å². The molecule has 1 unspecified atom stereocenters. The summed E-state index contributed by atoms with van der Waals surface area (Å²) in [6.45, 7) is 5.40. The first-order valence-corrected chi connectivity index (χ1v) is 16.4. The van der Waals surface area contributed by atoms with Crippen LogP contribution in [0.5, 0.6) is 5.75 Å². The number of carbonyl (C=O) groups excluding carboxylic acids is 1. The number of nitrogens with one attached hydrogen (secondary N) is 1. The maximum Gasteiger partial charge on any atom is 0.274 e. The Hall–Kier alpha value is -3.63. The molecule has 1 saturated carbocycles. The Kier molecular flexibility index (Phi) is 7.51. The number of nitrogens with zero attached hydrogens (tertiary/aromatic N) is 5. The van der Waals surface area contributed by atoms with Crippen molar-refractivity contribution < 1.29 is 9.53 Å². The number of fused-ring (bicyclic) bond motifs is 1.